The first-order chi connectivity index (χ1) is 16.3. The van der Waals surface area contributed by atoms with Crippen LogP contribution in [-0.4, -0.2) is 38.7 Å². The van der Waals surface area contributed by atoms with Crippen LogP contribution < -0.4 is 0 Å². The highest BCUT2D eigenvalue weighted by atomic mass is 32.2. The second-order valence-electron chi connectivity index (χ2n) is 8.68. The molecule has 2 aromatic heterocycles. The fourth-order valence-corrected chi connectivity index (χ4v) is 5.57. The van der Waals surface area contributed by atoms with Gasteiger partial charge in [0.05, 0.1) is 52.5 Å². The fraction of sp³-hybridized carbons (Fsp3) is 0.231. The maximum Gasteiger partial charge on any atom is 0.185 e. The molecule has 0 radical (unpaired) electrons. The summed E-state index contributed by atoms with van der Waals surface area (Å²) >= 11 is 0. The minimum atomic E-state index is -3.59. The molecule has 3 aromatic carbocycles. The van der Waals surface area contributed by atoms with Crippen LogP contribution in [0.1, 0.15) is 17.0 Å². The lowest BCUT2D eigenvalue weighted by Gasteiger charge is -2.16. The minimum Gasteiger partial charge on any atom is -0.389 e. The van der Waals surface area contributed by atoms with Crippen molar-refractivity contribution in [1.29, 1.82) is 0 Å². The van der Waals surface area contributed by atoms with Gasteiger partial charge >= 0.3 is 0 Å². The molecule has 0 aliphatic carbocycles. The Hall–Kier alpha value is -3.49. The van der Waals surface area contributed by atoms with E-state index in [1.807, 2.05) is 39.5 Å². The molecular formula is C26H26N4O3S. The first-order valence-corrected chi connectivity index (χ1v) is 12.8. The number of benzene rings is 3. The molecule has 174 valence electrons. The lowest BCUT2D eigenvalue weighted by atomic mass is 10.1. The van der Waals surface area contributed by atoms with Gasteiger partial charge in [0.1, 0.15) is 11.6 Å². The highest BCUT2D eigenvalue weighted by Gasteiger charge is 2.22. The quantitative estimate of drug-likeness (QED) is 0.385. The SMILES string of the molecule is Cc1cc2ncn(CC(O)Cn3c(CS(=O)(=O)c4ccccc4)nc4ccccc43)c2cc1C. The van der Waals surface area contributed by atoms with Crippen LogP contribution in [0.4, 0.5) is 0 Å². The molecule has 7 nitrogen and oxygen atoms in total. The maximum atomic E-state index is 13.1. The van der Waals surface area contributed by atoms with Gasteiger partial charge in [-0.2, -0.15) is 0 Å². The number of nitrogens with zero attached hydrogens (tertiary/aromatic N) is 4. The molecule has 1 N–H and O–H groups in total. The summed E-state index contributed by atoms with van der Waals surface area (Å²) in [6.07, 6.45) is 0.967. The average Bonchev–Trinajstić information content (AvgIpc) is 3.35. The standard InChI is InChI=1S/C26H26N4O3S/c1-18-12-23-25(13-19(18)2)29(17-27-23)14-20(31)15-30-24-11-7-6-10-22(24)28-26(30)16-34(32,33)21-8-4-3-5-9-21/h3-13,17,20,31H,14-16H2,1-2H3. The van der Waals surface area contributed by atoms with Crippen molar-refractivity contribution in [1.82, 2.24) is 19.1 Å². The van der Waals surface area contributed by atoms with Crippen molar-refractivity contribution in [2.45, 2.75) is 43.7 Å². The predicted octanol–water partition coefficient (Wildman–Crippen LogP) is 4.04. The number of aryl methyl sites for hydroxylation is 2. The van der Waals surface area contributed by atoms with E-state index in [9.17, 15) is 13.5 Å². The molecule has 0 bridgehead atoms. The van der Waals surface area contributed by atoms with E-state index >= 15 is 0 Å². The molecule has 0 saturated heterocycles. The number of hydrogen-bond donors (Lipinski definition) is 1. The molecule has 34 heavy (non-hydrogen) atoms. The van der Waals surface area contributed by atoms with E-state index in [2.05, 4.69) is 29.9 Å². The molecule has 0 aliphatic heterocycles. The molecule has 0 amide bonds. The largest absolute Gasteiger partial charge is 0.389 e. The molecule has 1 unspecified atom stereocenters. The second kappa shape index (κ2) is 8.70. The van der Waals surface area contributed by atoms with E-state index in [4.69, 9.17) is 0 Å². The Bertz CT molecular complexity index is 1590. The van der Waals surface area contributed by atoms with E-state index in [0.717, 1.165) is 22.1 Å². The summed E-state index contributed by atoms with van der Waals surface area (Å²) in [6, 6.07) is 20.0. The highest BCUT2D eigenvalue weighted by molar-refractivity contribution is 7.90. The van der Waals surface area contributed by atoms with Crippen LogP contribution in [0.25, 0.3) is 22.1 Å². The van der Waals surface area contributed by atoms with E-state index < -0.39 is 15.9 Å². The maximum absolute atomic E-state index is 13.1. The van der Waals surface area contributed by atoms with Crippen LogP contribution in [0.5, 0.6) is 0 Å². The molecular weight excluding hydrogens is 448 g/mol. The number of sulfone groups is 1. The summed E-state index contributed by atoms with van der Waals surface area (Å²) in [5.74, 6) is 0.163. The number of rotatable bonds is 7. The lowest BCUT2D eigenvalue weighted by molar-refractivity contribution is 0.136. The van der Waals surface area contributed by atoms with Crippen molar-refractivity contribution in [3.05, 3.63) is 90.0 Å². The zero-order chi connectivity index (χ0) is 23.9. The van der Waals surface area contributed by atoms with Crippen molar-refractivity contribution in [3.63, 3.8) is 0 Å². The van der Waals surface area contributed by atoms with Crippen LogP contribution in [0, 0.1) is 13.8 Å². The van der Waals surface area contributed by atoms with E-state index in [1.165, 1.54) is 5.56 Å². The van der Waals surface area contributed by atoms with Crippen LogP contribution >= 0.6 is 0 Å². The van der Waals surface area contributed by atoms with Crippen LogP contribution in [0.2, 0.25) is 0 Å². The third-order valence-electron chi connectivity index (χ3n) is 6.19. The van der Waals surface area contributed by atoms with Crippen LogP contribution in [0.15, 0.2) is 78.0 Å². The molecule has 5 rings (SSSR count). The first kappa shape index (κ1) is 22.3. The number of aliphatic hydroxyl groups excluding tert-OH is 1. The summed E-state index contributed by atoms with van der Waals surface area (Å²) in [6.45, 7) is 4.65. The van der Waals surface area contributed by atoms with Gasteiger partial charge in [-0.1, -0.05) is 30.3 Å². The highest BCUT2D eigenvalue weighted by Crippen LogP contribution is 2.23. The Morgan fingerprint density at radius 2 is 1.59 bits per heavy atom. The van der Waals surface area contributed by atoms with Crippen molar-refractivity contribution < 1.29 is 13.5 Å². The lowest BCUT2D eigenvalue weighted by Crippen LogP contribution is -2.23. The average molecular weight is 475 g/mol. The van der Waals surface area contributed by atoms with Gasteiger partial charge in [-0.25, -0.2) is 18.4 Å². The van der Waals surface area contributed by atoms with Crippen molar-refractivity contribution in [3.8, 4) is 0 Å². The Labute approximate surface area is 198 Å². The Kier molecular flexibility index (Phi) is 5.71. The number of aromatic nitrogens is 4. The summed E-state index contributed by atoms with van der Waals surface area (Å²) in [5, 5.41) is 11.0. The molecule has 8 heteroatoms. The summed E-state index contributed by atoms with van der Waals surface area (Å²) in [4.78, 5) is 9.33. The number of aliphatic hydroxyl groups is 1. The van der Waals surface area contributed by atoms with Gasteiger partial charge in [-0.15, -0.1) is 0 Å². The van der Waals surface area contributed by atoms with Gasteiger partial charge in [-0.05, 0) is 61.4 Å². The molecule has 2 heterocycles. The first-order valence-electron chi connectivity index (χ1n) is 11.1. The van der Waals surface area contributed by atoms with Gasteiger partial charge < -0.3 is 14.2 Å². The Morgan fingerprint density at radius 3 is 2.38 bits per heavy atom. The second-order valence-corrected chi connectivity index (χ2v) is 10.7. The molecule has 0 fully saturated rings. The molecule has 0 saturated carbocycles. The number of fused-ring (bicyclic) bond motifs is 2. The Morgan fingerprint density at radius 1 is 0.882 bits per heavy atom. The monoisotopic (exact) mass is 474 g/mol. The summed E-state index contributed by atoms with van der Waals surface area (Å²) in [5.41, 5.74) is 5.68. The van der Waals surface area contributed by atoms with Crippen molar-refractivity contribution in [2.24, 2.45) is 0 Å². The molecule has 0 spiro atoms. The fourth-order valence-electron chi connectivity index (χ4n) is 4.27. The van der Waals surface area contributed by atoms with Crippen molar-refractivity contribution >= 4 is 31.9 Å². The number of para-hydroxylation sites is 2. The van der Waals surface area contributed by atoms with Crippen molar-refractivity contribution in [2.75, 3.05) is 0 Å². The zero-order valence-corrected chi connectivity index (χ0v) is 19.9. The summed E-state index contributed by atoms with van der Waals surface area (Å²) < 4.78 is 29.9. The van der Waals surface area contributed by atoms with Gasteiger partial charge in [0.25, 0.3) is 0 Å². The van der Waals surface area contributed by atoms with Gasteiger partial charge in [0.15, 0.2) is 9.84 Å². The number of hydrogen-bond acceptors (Lipinski definition) is 5. The molecule has 5 aromatic rings. The topological polar surface area (TPSA) is 90.0 Å². The Balaban J connectivity index is 1.46. The zero-order valence-electron chi connectivity index (χ0n) is 19.1. The van der Waals surface area contributed by atoms with E-state index in [0.29, 0.717) is 17.9 Å². The predicted molar refractivity (Wildman–Crippen MR) is 132 cm³/mol. The third kappa shape index (κ3) is 4.22. The molecule has 1 atom stereocenters. The van der Waals surface area contributed by atoms with Crippen LogP contribution in [-0.2, 0) is 28.7 Å². The molecule has 0 aliphatic rings. The smallest absolute Gasteiger partial charge is 0.185 e. The van der Waals surface area contributed by atoms with E-state index in [-0.39, 0.29) is 17.2 Å². The third-order valence-corrected chi connectivity index (χ3v) is 7.82. The number of imidazole rings is 2. The van der Waals surface area contributed by atoms with Crippen LogP contribution in [0.3, 0.4) is 0 Å². The van der Waals surface area contributed by atoms with Gasteiger partial charge in [0.2, 0.25) is 0 Å². The minimum absolute atomic E-state index is 0.213. The van der Waals surface area contributed by atoms with Gasteiger partial charge in [0, 0.05) is 0 Å². The normalized spacial score (nSPS) is 13.0. The van der Waals surface area contributed by atoms with Gasteiger partial charge in [-0.3, -0.25) is 0 Å². The van der Waals surface area contributed by atoms with E-state index in [1.54, 1.807) is 36.7 Å². The summed E-state index contributed by atoms with van der Waals surface area (Å²) in [7, 11) is -3.59.